The van der Waals surface area contributed by atoms with Crippen LogP contribution in [-0.4, -0.2) is 47.2 Å². The van der Waals surface area contributed by atoms with Crippen molar-refractivity contribution in [3.8, 4) is 0 Å². The number of rotatable bonds is 4. The maximum atomic E-state index is 3.48. The average Bonchev–Trinajstić information content (AvgIpc) is 2.65. The van der Waals surface area contributed by atoms with Crippen LogP contribution in [0.25, 0.3) is 0 Å². The molecule has 0 N–H and O–H groups in total. The van der Waals surface area contributed by atoms with Crippen molar-refractivity contribution in [1.82, 2.24) is 9.80 Å². The van der Waals surface area contributed by atoms with Gasteiger partial charge in [-0.1, -0.05) is 0 Å². The first-order chi connectivity index (χ1) is 11.6. The first-order valence-electron chi connectivity index (χ1n) is 10.1. The van der Waals surface area contributed by atoms with Crippen molar-refractivity contribution >= 4 is 20.2 Å². The summed E-state index contributed by atoms with van der Waals surface area (Å²) in [5, 5.41) is 0. The third kappa shape index (κ3) is 4.65. The molecule has 0 aromatic heterocycles. The van der Waals surface area contributed by atoms with Crippen LogP contribution < -0.4 is 0 Å². The minimum atomic E-state index is 0.0701. The zero-order valence-corrected chi connectivity index (χ0v) is 20.4. The van der Waals surface area contributed by atoms with Gasteiger partial charge in [0.1, 0.15) is 0 Å². The van der Waals surface area contributed by atoms with Crippen LogP contribution in [0.3, 0.4) is 0 Å². The van der Waals surface area contributed by atoms with E-state index in [1.54, 1.807) is 0 Å². The van der Waals surface area contributed by atoms with Gasteiger partial charge in [0.2, 0.25) is 0 Å². The summed E-state index contributed by atoms with van der Waals surface area (Å²) in [5.41, 5.74) is 2.21. The Kier molecular flexibility index (Phi) is 5.71. The fraction of sp³-hybridized carbons (Fsp3) is 0.783. The molecule has 1 aliphatic carbocycles. The second kappa shape index (κ2) is 6.82. The van der Waals surface area contributed by atoms with Crippen LogP contribution in [-0.2, 0) is 0 Å². The topological polar surface area (TPSA) is 6.48 Å². The van der Waals surface area contributed by atoms with E-state index in [1.165, 1.54) is 10.4 Å². The summed E-state index contributed by atoms with van der Waals surface area (Å²) in [4.78, 5) is 5.26. The Morgan fingerprint density at radius 3 is 1.88 bits per heavy atom. The van der Waals surface area contributed by atoms with Gasteiger partial charge >= 0.3 is 170 Å². The number of hydrogen-bond acceptors (Lipinski definition) is 2. The Bertz CT molecular complexity index is 611. The minimum absolute atomic E-state index is 0.0701. The van der Waals surface area contributed by atoms with Gasteiger partial charge in [0.15, 0.2) is 0 Å². The number of nitrogens with zero attached hydrogens (tertiary/aromatic N) is 2. The van der Waals surface area contributed by atoms with E-state index >= 15 is 0 Å². The summed E-state index contributed by atoms with van der Waals surface area (Å²) in [5.74, 6) is 0. The standard InChI is InChI=1S/C23H40N2Se/c1-20(2,3)15-22(7,8)24-17-13-11-12-14-18(17)25(19(24)26)23(9,10)16-21(4,5)6/h11-13,18H,14-16H2,1-10H3. The monoisotopic (exact) mass is 424 g/mol. The third-order valence-corrected chi connectivity index (χ3v) is 6.05. The molecule has 0 saturated carbocycles. The van der Waals surface area contributed by atoms with E-state index < -0.39 is 0 Å². The fourth-order valence-electron chi connectivity index (χ4n) is 5.47. The molecule has 2 rings (SSSR count). The van der Waals surface area contributed by atoms with Gasteiger partial charge in [0.05, 0.1) is 0 Å². The van der Waals surface area contributed by atoms with Crippen molar-refractivity contribution in [2.24, 2.45) is 10.8 Å². The predicted molar refractivity (Wildman–Crippen MR) is 116 cm³/mol. The van der Waals surface area contributed by atoms with Crippen LogP contribution in [0.2, 0.25) is 0 Å². The van der Waals surface area contributed by atoms with Gasteiger partial charge in [-0.2, -0.15) is 0 Å². The van der Waals surface area contributed by atoms with Crippen LogP contribution in [0.5, 0.6) is 0 Å². The van der Waals surface area contributed by atoms with Crippen LogP contribution in [0.15, 0.2) is 23.9 Å². The maximum absolute atomic E-state index is 3.48. The Labute approximate surface area is 170 Å². The van der Waals surface area contributed by atoms with Gasteiger partial charge in [0, 0.05) is 0 Å². The summed E-state index contributed by atoms with van der Waals surface area (Å²) >= 11 is 3.48. The van der Waals surface area contributed by atoms with Crippen LogP contribution in [0.4, 0.5) is 0 Å². The van der Waals surface area contributed by atoms with Crippen LogP contribution >= 0.6 is 0 Å². The van der Waals surface area contributed by atoms with Crippen LogP contribution in [0, 0.1) is 10.8 Å². The van der Waals surface area contributed by atoms with E-state index in [1.807, 2.05) is 0 Å². The van der Waals surface area contributed by atoms with Gasteiger partial charge in [-0.05, 0) is 0 Å². The molecule has 1 aliphatic heterocycles. The molecular formula is C23H40N2Se. The molecular weight excluding hydrogens is 383 g/mol. The molecule has 0 aromatic rings. The average molecular weight is 424 g/mol. The molecule has 26 heavy (non-hydrogen) atoms. The predicted octanol–water partition coefficient (Wildman–Crippen LogP) is 5.50. The summed E-state index contributed by atoms with van der Waals surface area (Å²) < 4.78 is 1.30. The van der Waals surface area contributed by atoms with Crippen molar-refractivity contribution < 1.29 is 0 Å². The molecule has 0 spiro atoms. The van der Waals surface area contributed by atoms with Gasteiger partial charge < -0.3 is 0 Å². The van der Waals surface area contributed by atoms with Crippen molar-refractivity contribution in [1.29, 1.82) is 0 Å². The van der Waals surface area contributed by atoms with E-state index in [-0.39, 0.29) is 11.1 Å². The number of allylic oxidation sites excluding steroid dienone is 2. The molecule has 2 aliphatic rings. The normalized spacial score (nSPS) is 22.0. The summed E-state index contributed by atoms with van der Waals surface area (Å²) in [6.07, 6.45) is 10.3. The van der Waals surface area contributed by atoms with Crippen molar-refractivity contribution in [2.75, 3.05) is 0 Å². The third-order valence-electron chi connectivity index (χ3n) is 5.25. The van der Waals surface area contributed by atoms with Gasteiger partial charge in [0.25, 0.3) is 0 Å². The Hall–Kier alpha value is -0.531. The van der Waals surface area contributed by atoms with Crippen molar-refractivity contribution in [3.05, 3.63) is 23.9 Å². The molecule has 0 aromatic carbocycles. The molecule has 1 heterocycles. The molecule has 0 amide bonds. The molecule has 0 radical (unpaired) electrons. The van der Waals surface area contributed by atoms with Crippen LogP contribution in [0.1, 0.15) is 88.5 Å². The number of hydrogen-bond donors (Lipinski definition) is 0. The first-order valence-corrected chi connectivity index (χ1v) is 10.9. The first kappa shape index (κ1) is 21.8. The molecule has 1 atom stereocenters. The SMILES string of the molecule is CC(C)(C)CC(C)(C)N1C(=[Se])N(C(C)(C)CC(C)(C)C)C2CC=CC=C21. The van der Waals surface area contributed by atoms with E-state index in [2.05, 4.69) is 113 Å². The van der Waals surface area contributed by atoms with E-state index in [0.29, 0.717) is 16.9 Å². The second-order valence-electron chi connectivity index (χ2n) is 11.9. The van der Waals surface area contributed by atoms with E-state index in [9.17, 15) is 0 Å². The Morgan fingerprint density at radius 1 is 0.885 bits per heavy atom. The summed E-state index contributed by atoms with van der Waals surface area (Å²) in [7, 11) is 0. The number of fused-ring (bicyclic) bond motifs is 1. The molecule has 1 saturated heterocycles. The summed E-state index contributed by atoms with van der Waals surface area (Å²) in [6, 6.07) is 0.438. The van der Waals surface area contributed by atoms with Crippen molar-refractivity contribution in [3.63, 3.8) is 0 Å². The second-order valence-corrected chi connectivity index (χ2v) is 12.6. The quantitative estimate of drug-likeness (QED) is 0.551. The fourth-order valence-corrected chi connectivity index (χ4v) is 6.99. The van der Waals surface area contributed by atoms with Gasteiger partial charge in [-0.3, -0.25) is 0 Å². The molecule has 3 heteroatoms. The van der Waals surface area contributed by atoms with E-state index in [0.717, 1.165) is 19.3 Å². The molecule has 1 unspecified atom stereocenters. The molecule has 1 fully saturated rings. The summed E-state index contributed by atoms with van der Waals surface area (Å²) in [6.45, 7) is 23.7. The van der Waals surface area contributed by atoms with Gasteiger partial charge in [-0.15, -0.1) is 0 Å². The molecule has 148 valence electrons. The molecule has 2 nitrogen and oxygen atoms in total. The van der Waals surface area contributed by atoms with Gasteiger partial charge in [-0.25, -0.2) is 0 Å². The Morgan fingerprint density at radius 2 is 1.38 bits per heavy atom. The van der Waals surface area contributed by atoms with E-state index in [4.69, 9.17) is 0 Å². The van der Waals surface area contributed by atoms with Crippen molar-refractivity contribution in [2.45, 2.75) is 106 Å². The molecule has 0 bridgehead atoms. The Balaban J connectivity index is 2.45. The zero-order chi connectivity index (χ0) is 20.1. The zero-order valence-electron chi connectivity index (χ0n) is 18.7.